The number of unbranched alkanes of at least 4 members (excludes halogenated alkanes) is 1. The summed E-state index contributed by atoms with van der Waals surface area (Å²) in [7, 11) is 0. The predicted molar refractivity (Wildman–Crippen MR) is 69.4 cm³/mol. The fourth-order valence-electron chi connectivity index (χ4n) is 1.57. The highest BCUT2D eigenvalue weighted by atomic mass is 16.3. The second kappa shape index (κ2) is 6.28. The second-order valence-corrected chi connectivity index (χ2v) is 4.54. The lowest BCUT2D eigenvalue weighted by Crippen LogP contribution is -2.24. The zero-order chi connectivity index (χ0) is 12.8. The molecule has 0 spiro atoms. The Hall–Kier alpha value is -1.51. The Kier molecular flexibility index (Phi) is 5.01. The topological polar surface area (TPSA) is 49.3 Å². The van der Waals surface area contributed by atoms with Crippen LogP contribution in [0.15, 0.2) is 18.2 Å². The van der Waals surface area contributed by atoms with Crippen molar-refractivity contribution in [2.75, 3.05) is 6.54 Å². The molecule has 0 aromatic heterocycles. The minimum atomic E-state index is -0.196. The minimum Gasteiger partial charge on any atom is -0.507 e. The Morgan fingerprint density at radius 1 is 1.41 bits per heavy atom. The highest BCUT2D eigenvalue weighted by Crippen LogP contribution is 2.23. The smallest absolute Gasteiger partial charge is 0.255 e. The van der Waals surface area contributed by atoms with Crippen LogP contribution in [0.3, 0.4) is 0 Å². The van der Waals surface area contributed by atoms with E-state index in [1.165, 1.54) is 0 Å². The number of hydrogen-bond donors (Lipinski definition) is 2. The van der Waals surface area contributed by atoms with Crippen LogP contribution in [-0.4, -0.2) is 17.6 Å². The SMILES string of the molecule is CCCCNC(=O)c1cc(C(C)C)ccc1O. The molecule has 0 bridgehead atoms. The number of rotatable bonds is 5. The Balaban J connectivity index is 2.81. The number of carbonyl (C=O) groups is 1. The van der Waals surface area contributed by atoms with Crippen molar-refractivity contribution in [1.29, 1.82) is 0 Å². The highest BCUT2D eigenvalue weighted by Gasteiger charge is 2.12. The molecule has 17 heavy (non-hydrogen) atoms. The number of benzene rings is 1. The first-order valence-corrected chi connectivity index (χ1v) is 6.17. The van der Waals surface area contributed by atoms with E-state index in [9.17, 15) is 9.90 Å². The van der Waals surface area contributed by atoms with Crippen LogP contribution in [-0.2, 0) is 0 Å². The molecule has 0 aliphatic rings. The molecule has 94 valence electrons. The van der Waals surface area contributed by atoms with Gasteiger partial charge < -0.3 is 10.4 Å². The Morgan fingerprint density at radius 2 is 2.12 bits per heavy atom. The monoisotopic (exact) mass is 235 g/mol. The normalized spacial score (nSPS) is 10.6. The number of amides is 1. The molecular weight excluding hydrogens is 214 g/mol. The third-order valence-electron chi connectivity index (χ3n) is 2.75. The van der Waals surface area contributed by atoms with Gasteiger partial charge in [0.1, 0.15) is 5.75 Å². The average Bonchev–Trinajstić information content (AvgIpc) is 2.29. The maximum absolute atomic E-state index is 11.8. The van der Waals surface area contributed by atoms with E-state index >= 15 is 0 Å². The van der Waals surface area contributed by atoms with Gasteiger partial charge in [0, 0.05) is 6.54 Å². The summed E-state index contributed by atoms with van der Waals surface area (Å²) >= 11 is 0. The predicted octanol–water partition coefficient (Wildman–Crippen LogP) is 3.05. The fourth-order valence-corrected chi connectivity index (χ4v) is 1.57. The number of phenolic OH excluding ortho intramolecular Hbond substituents is 1. The van der Waals surface area contributed by atoms with Gasteiger partial charge in [0.05, 0.1) is 5.56 Å². The molecule has 1 rings (SSSR count). The van der Waals surface area contributed by atoms with Crippen molar-refractivity contribution in [3.8, 4) is 5.75 Å². The van der Waals surface area contributed by atoms with Crippen LogP contribution in [0.4, 0.5) is 0 Å². The highest BCUT2D eigenvalue weighted by molar-refractivity contribution is 5.97. The van der Waals surface area contributed by atoms with Gasteiger partial charge in [0.15, 0.2) is 0 Å². The molecule has 0 heterocycles. The first kappa shape index (κ1) is 13.6. The number of phenols is 1. The number of hydrogen-bond acceptors (Lipinski definition) is 2. The van der Waals surface area contributed by atoms with Crippen LogP contribution < -0.4 is 5.32 Å². The van der Waals surface area contributed by atoms with Gasteiger partial charge in [-0.15, -0.1) is 0 Å². The van der Waals surface area contributed by atoms with Crippen molar-refractivity contribution in [3.05, 3.63) is 29.3 Å². The maximum atomic E-state index is 11.8. The molecule has 1 aromatic carbocycles. The number of aromatic hydroxyl groups is 1. The largest absolute Gasteiger partial charge is 0.507 e. The van der Waals surface area contributed by atoms with Crippen molar-refractivity contribution in [3.63, 3.8) is 0 Å². The summed E-state index contributed by atoms with van der Waals surface area (Å²) in [6.07, 6.45) is 1.99. The summed E-state index contributed by atoms with van der Waals surface area (Å²) in [6, 6.07) is 5.20. The van der Waals surface area contributed by atoms with Gasteiger partial charge in [0.25, 0.3) is 5.91 Å². The van der Waals surface area contributed by atoms with Crippen molar-refractivity contribution >= 4 is 5.91 Å². The third-order valence-corrected chi connectivity index (χ3v) is 2.75. The van der Waals surface area contributed by atoms with Crippen LogP contribution in [0, 0.1) is 0 Å². The third kappa shape index (κ3) is 3.77. The van der Waals surface area contributed by atoms with Gasteiger partial charge in [-0.1, -0.05) is 33.3 Å². The van der Waals surface area contributed by atoms with Crippen LogP contribution in [0.1, 0.15) is 55.5 Å². The van der Waals surface area contributed by atoms with Crippen molar-refractivity contribution < 1.29 is 9.90 Å². The summed E-state index contributed by atoms with van der Waals surface area (Å²) in [6.45, 7) is 6.85. The van der Waals surface area contributed by atoms with E-state index in [2.05, 4.69) is 26.1 Å². The molecule has 3 nitrogen and oxygen atoms in total. The Bertz CT molecular complexity index is 386. The summed E-state index contributed by atoms with van der Waals surface area (Å²) in [5.74, 6) is 0.194. The standard InChI is InChI=1S/C14H21NO2/c1-4-5-8-15-14(17)12-9-11(10(2)3)6-7-13(12)16/h6-7,9-10,16H,4-5,8H2,1-3H3,(H,15,17). The van der Waals surface area contributed by atoms with Gasteiger partial charge in [-0.25, -0.2) is 0 Å². The van der Waals surface area contributed by atoms with Crippen molar-refractivity contribution in [2.24, 2.45) is 0 Å². The number of carbonyl (C=O) groups excluding carboxylic acids is 1. The molecule has 1 amide bonds. The van der Waals surface area contributed by atoms with Gasteiger partial charge >= 0.3 is 0 Å². The van der Waals surface area contributed by atoms with E-state index in [4.69, 9.17) is 0 Å². The molecule has 0 radical (unpaired) electrons. The molecule has 0 unspecified atom stereocenters. The molecule has 2 N–H and O–H groups in total. The lowest BCUT2D eigenvalue weighted by molar-refractivity contribution is 0.0950. The van der Waals surface area contributed by atoms with E-state index in [0.717, 1.165) is 18.4 Å². The van der Waals surface area contributed by atoms with E-state index in [0.29, 0.717) is 18.0 Å². The minimum absolute atomic E-state index is 0.0448. The second-order valence-electron chi connectivity index (χ2n) is 4.54. The van der Waals surface area contributed by atoms with E-state index in [1.54, 1.807) is 12.1 Å². The van der Waals surface area contributed by atoms with E-state index < -0.39 is 0 Å². The van der Waals surface area contributed by atoms with E-state index in [1.807, 2.05) is 6.07 Å². The quantitative estimate of drug-likeness (QED) is 0.771. The maximum Gasteiger partial charge on any atom is 0.255 e. The zero-order valence-corrected chi connectivity index (χ0v) is 10.8. The molecular formula is C14H21NO2. The van der Waals surface area contributed by atoms with Crippen LogP contribution in [0.5, 0.6) is 5.75 Å². The molecule has 0 saturated carbocycles. The van der Waals surface area contributed by atoms with Gasteiger partial charge in [0.2, 0.25) is 0 Å². The molecule has 0 saturated heterocycles. The Labute approximate surface area is 103 Å². The average molecular weight is 235 g/mol. The van der Waals surface area contributed by atoms with Crippen molar-refractivity contribution in [2.45, 2.75) is 39.5 Å². The summed E-state index contributed by atoms with van der Waals surface area (Å²) in [5, 5.41) is 12.5. The van der Waals surface area contributed by atoms with Crippen molar-refractivity contribution in [1.82, 2.24) is 5.32 Å². The van der Waals surface area contributed by atoms with Crippen LogP contribution in [0.2, 0.25) is 0 Å². The Morgan fingerprint density at radius 3 is 2.71 bits per heavy atom. The lowest BCUT2D eigenvalue weighted by atomic mass is 10.00. The van der Waals surface area contributed by atoms with E-state index in [-0.39, 0.29) is 11.7 Å². The molecule has 0 aliphatic heterocycles. The van der Waals surface area contributed by atoms with Crippen LogP contribution in [0.25, 0.3) is 0 Å². The van der Waals surface area contributed by atoms with Gasteiger partial charge in [-0.3, -0.25) is 4.79 Å². The summed E-state index contributed by atoms with van der Waals surface area (Å²) in [5.41, 5.74) is 1.43. The molecule has 0 fully saturated rings. The molecule has 3 heteroatoms. The summed E-state index contributed by atoms with van der Waals surface area (Å²) < 4.78 is 0. The lowest BCUT2D eigenvalue weighted by Gasteiger charge is -2.10. The molecule has 0 atom stereocenters. The summed E-state index contributed by atoms with van der Waals surface area (Å²) in [4.78, 5) is 11.8. The van der Waals surface area contributed by atoms with Gasteiger partial charge in [-0.2, -0.15) is 0 Å². The first-order chi connectivity index (χ1) is 8.06. The van der Waals surface area contributed by atoms with Gasteiger partial charge in [-0.05, 0) is 30.0 Å². The fraction of sp³-hybridized carbons (Fsp3) is 0.500. The molecule has 1 aromatic rings. The van der Waals surface area contributed by atoms with Crippen LogP contribution >= 0.6 is 0 Å². The zero-order valence-electron chi connectivity index (χ0n) is 10.8. The first-order valence-electron chi connectivity index (χ1n) is 6.17. The molecule has 0 aliphatic carbocycles. The number of nitrogens with one attached hydrogen (secondary N) is 1.